The minimum atomic E-state index is -0.449. The number of aliphatic hydroxyl groups is 1. The van der Waals surface area contributed by atoms with E-state index < -0.39 is 11.5 Å². The lowest BCUT2D eigenvalue weighted by molar-refractivity contribution is -0.171. The van der Waals surface area contributed by atoms with Gasteiger partial charge < -0.3 is 19.3 Å². The number of epoxide rings is 1. The van der Waals surface area contributed by atoms with Crippen molar-refractivity contribution in [2.45, 2.75) is 111 Å². The van der Waals surface area contributed by atoms with E-state index in [0.717, 1.165) is 25.7 Å². The predicted octanol–water partition coefficient (Wildman–Crippen LogP) is 5.46. The standard InChI is InChI=1S/C31H46O5/c1-27(2)22-16-24(33)31(7)20-10-9-18(17-15-19(35-26(17)34-8)25-28(3,4)36-25)29(20,5)13-11-21(31)30(22,6)14-12-23(27)32/h10,12,14,17-19,21-22,24-26,33H,9,11,13,15-16H2,1-8H3/t17-,18-,19+,21+,22-,24+,25-,26-,29-,30+,31-/m0/s1. The summed E-state index contributed by atoms with van der Waals surface area (Å²) < 4.78 is 18.3. The molecule has 0 radical (unpaired) electrons. The van der Waals surface area contributed by atoms with Gasteiger partial charge in [-0.2, -0.15) is 0 Å². The summed E-state index contributed by atoms with van der Waals surface area (Å²) >= 11 is 0. The Kier molecular flexibility index (Phi) is 5.30. The molecule has 200 valence electrons. The third-order valence-electron chi connectivity index (χ3n) is 12.3. The summed E-state index contributed by atoms with van der Waals surface area (Å²) in [6.45, 7) is 15.6. The van der Waals surface area contributed by atoms with Crippen LogP contribution in [0.2, 0.25) is 0 Å². The van der Waals surface area contributed by atoms with E-state index in [0.29, 0.717) is 24.2 Å². The lowest BCUT2D eigenvalue weighted by Gasteiger charge is -2.66. The Hall–Kier alpha value is -1.01. The minimum absolute atomic E-state index is 0.0127. The van der Waals surface area contributed by atoms with Gasteiger partial charge in [0.2, 0.25) is 0 Å². The van der Waals surface area contributed by atoms with Crippen LogP contribution < -0.4 is 0 Å². The van der Waals surface area contributed by atoms with E-state index in [1.807, 2.05) is 6.08 Å². The molecule has 4 aliphatic carbocycles. The van der Waals surface area contributed by atoms with Crippen molar-refractivity contribution in [1.29, 1.82) is 0 Å². The molecule has 4 fully saturated rings. The second-order valence-electron chi connectivity index (χ2n) is 14.7. The average Bonchev–Trinajstić information content (AvgIpc) is 3.11. The van der Waals surface area contributed by atoms with Gasteiger partial charge >= 0.3 is 0 Å². The van der Waals surface area contributed by atoms with Gasteiger partial charge in [0.05, 0.1) is 17.8 Å². The van der Waals surface area contributed by atoms with E-state index in [-0.39, 0.29) is 52.0 Å². The number of rotatable bonds is 3. The lowest BCUT2D eigenvalue weighted by Crippen LogP contribution is -2.63. The van der Waals surface area contributed by atoms with Gasteiger partial charge in [-0.1, -0.05) is 52.3 Å². The van der Waals surface area contributed by atoms with Crippen molar-refractivity contribution in [2.24, 2.45) is 45.3 Å². The largest absolute Gasteiger partial charge is 0.392 e. The van der Waals surface area contributed by atoms with Crippen LogP contribution in [-0.4, -0.2) is 48.2 Å². The molecule has 2 saturated carbocycles. The molecule has 2 saturated heterocycles. The van der Waals surface area contributed by atoms with E-state index in [1.54, 1.807) is 7.11 Å². The number of fused-ring (bicyclic) bond motifs is 5. The van der Waals surface area contributed by atoms with E-state index in [9.17, 15) is 9.90 Å². The SMILES string of the molecule is CO[C@H]1O[C@@H]([C@@H]2OC2(C)C)C[C@H]1[C@@H]1CC=C2[C@]3(C)[C@H](O)C[C@H]4C(C)(C)C(=O)C=C[C@]4(C)[C@H]3CC[C@]21C. The zero-order chi connectivity index (χ0) is 26.1. The van der Waals surface area contributed by atoms with Crippen LogP contribution in [0.15, 0.2) is 23.8 Å². The van der Waals surface area contributed by atoms with Crippen molar-refractivity contribution in [1.82, 2.24) is 0 Å². The molecule has 0 amide bonds. The highest BCUT2D eigenvalue weighted by Crippen LogP contribution is 2.72. The Morgan fingerprint density at radius 2 is 1.75 bits per heavy atom. The Labute approximate surface area is 217 Å². The van der Waals surface area contributed by atoms with Crippen LogP contribution in [0.5, 0.6) is 0 Å². The van der Waals surface area contributed by atoms with Gasteiger partial charge in [-0.3, -0.25) is 4.79 Å². The molecular formula is C31H46O5. The Morgan fingerprint density at radius 1 is 1.06 bits per heavy atom. The quantitative estimate of drug-likeness (QED) is 0.413. The molecule has 1 N–H and O–H groups in total. The molecule has 2 aliphatic heterocycles. The number of hydrogen-bond donors (Lipinski definition) is 1. The number of ether oxygens (including phenoxy) is 3. The molecule has 0 aromatic heterocycles. The maximum atomic E-state index is 12.8. The highest BCUT2D eigenvalue weighted by molar-refractivity contribution is 5.95. The summed E-state index contributed by atoms with van der Waals surface area (Å²) in [7, 11) is 1.77. The van der Waals surface area contributed by atoms with Crippen molar-refractivity contribution in [3.8, 4) is 0 Å². The van der Waals surface area contributed by atoms with Crippen LogP contribution in [0.3, 0.4) is 0 Å². The zero-order valence-electron chi connectivity index (χ0n) is 23.5. The third kappa shape index (κ3) is 3.06. The summed E-state index contributed by atoms with van der Waals surface area (Å²) in [6, 6.07) is 0. The summed E-state index contributed by atoms with van der Waals surface area (Å²) in [5.41, 5.74) is 0.521. The lowest BCUT2D eigenvalue weighted by atomic mass is 9.38. The topological polar surface area (TPSA) is 68.3 Å². The smallest absolute Gasteiger partial charge is 0.161 e. The molecule has 6 aliphatic rings. The van der Waals surface area contributed by atoms with Crippen LogP contribution in [0.1, 0.15) is 80.6 Å². The molecule has 0 unspecified atom stereocenters. The number of carbonyl (C=O) groups is 1. The summed E-state index contributed by atoms with van der Waals surface area (Å²) in [4.78, 5) is 12.8. The van der Waals surface area contributed by atoms with E-state index in [1.165, 1.54) is 5.57 Å². The molecule has 11 atom stereocenters. The first-order chi connectivity index (χ1) is 16.7. The van der Waals surface area contributed by atoms with Gasteiger partial charge in [0.25, 0.3) is 0 Å². The van der Waals surface area contributed by atoms with E-state index in [2.05, 4.69) is 60.6 Å². The molecule has 0 spiro atoms. The molecule has 36 heavy (non-hydrogen) atoms. The first-order valence-corrected chi connectivity index (χ1v) is 14.2. The summed E-state index contributed by atoms with van der Waals surface area (Å²) in [6.07, 6.45) is 10.9. The number of hydrogen-bond acceptors (Lipinski definition) is 5. The van der Waals surface area contributed by atoms with Gasteiger partial charge in [0, 0.05) is 23.9 Å². The number of allylic oxidation sites excluding steroid dienone is 3. The average molecular weight is 499 g/mol. The van der Waals surface area contributed by atoms with Gasteiger partial charge in [-0.15, -0.1) is 0 Å². The molecule has 0 bridgehead atoms. The van der Waals surface area contributed by atoms with Crippen molar-refractivity contribution < 1.29 is 24.1 Å². The second-order valence-corrected chi connectivity index (χ2v) is 14.7. The van der Waals surface area contributed by atoms with Gasteiger partial charge in [0.15, 0.2) is 12.1 Å². The van der Waals surface area contributed by atoms with Crippen LogP contribution in [0.4, 0.5) is 0 Å². The maximum Gasteiger partial charge on any atom is 0.161 e. The number of methoxy groups -OCH3 is 1. The van der Waals surface area contributed by atoms with Crippen LogP contribution >= 0.6 is 0 Å². The highest BCUT2D eigenvalue weighted by Gasteiger charge is 2.68. The third-order valence-corrected chi connectivity index (χ3v) is 12.3. The number of ketones is 1. The van der Waals surface area contributed by atoms with Gasteiger partial charge in [0.1, 0.15) is 6.10 Å². The second kappa shape index (κ2) is 7.55. The fourth-order valence-corrected chi connectivity index (χ4v) is 10.3. The molecule has 5 heteroatoms. The van der Waals surface area contributed by atoms with Crippen LogP contribution in [-0.2, 0) is 19.0 Å². The fourth-order valence-electron chi connectivity index (χ4n) is 10.3. The van der Waals surface area contributed by atoms with E-state index >= 15 is 0 Å². The van der Waals surface area contributed by atoms with Crippen molar-refractivity contribution in [3.63, 3.8) is 0 Å². The number of aliphatic hydroxyl groups excluding tert-OH is 1. The highest BCUT2D eigenvalue weighted by atomic mass is 16.7. The monoisotopic (exact) mass is 498 g/mol. The van der Waals surface area contributed by atoms with Crippen LogP contribution in [0.25, 0.3) is 0 Å². The molecule has 0 aromatic carbocycles. The minimum Gasteiger partial charge on any atom is -0.392 e. The molecule has 0 aromatic rings. The Morgan fingerprint density at radius 3 is 2.39 bits per heavy atom. The van der Waals surface area contributed by atoms with Crippen molar-refractivity contribution in [2.75, 3.05) is 7.11 Å². The predicted molar refractivity (Wildman–Crippen MR) is 138 cm³/mol. The molecular weight excluding hydrogens is 452 g/mol. The summed E-state index contributed by atoms with van der Waals surface area (Å²) in [5, 5.41) is 11.9. The van der Waals surface area contributed by atoms with Crippen molar-refractivity contribution >= 4 is 5.78 Å². The fraction of sp³-hybridized carbons (Fsp3) is 0.839. The van der Waals surface area contributed by atoms with Crippen LogP contribution in [0, 0.1) is 45.3 Å². The first kappa shape index (κ1) is 25.3. The van der Waals surface area contributed by atoms with E-state index in [4.69, 9.17) is 14.2 Å². The molecule has 2 heterocycles. The first-order valence-electron chi connectivity index (χ1n) is 14.2. The molecule has 6 rings (SSSR count). The van der Waals surface area contributed by atoms with Gasteiger partial charge in [-0.05, 0) is 80.6 Å². The summed E-state index contributed by atoms with van der Waals surface area (Å²) in [5.74, 6) is 1.41. The van der Waals surface area contributed by atoms with Crippen molar-refractivity contribution in [3.05, 3.63) is 23.8 Å². The molecule has 5 nitrogen and oxygen atoms in total. The zero-order valence-corrected chi connectivity index (χ0v) is 23.5. The van der Waals surface area contributed by atoms with Gasteiger partial charge in [-0.25, -0.2) is 0 Å². The Balaban J connectivity index is 1.32. The maximum absolute atomic E-state index is 12.8. The Bertz CT molecular complexity index is 1030. The number of carbonyl (C=O) groups excluding carboxylic acids is 1. The normalized spacial score (nSPS) is 54.5.